The number of nitrogens with one attached hydrogen (secondary N) is 1. The maximum atomic E-state index is 3.56. The van der Waals surface area contributed by atoms with Crippen LogP contribution in [0.3, 0.4) is 0 Å². The first-order chi connectivity index (χ1) is 6.75. The summed E-state index contributed by atoms with van der Waals surface area (Å²) in [6.45, 7) is 2.14. The summed E-state index contributed by atoms with van der Waals surface area (Å²) in [7, 11) is 4.25. The van der Waals surface area contributed by atoms with E-state index in [0.29, 0.717) is 6.04 Å². The lowest BCUT2D eigenvalue weighted by molar-refractivity contribution is 0.326. The van der Waals surface area contributed by atoms with Gasteiger partial charge in [-0.3, -0.25) is 0 Å². The minimum Gasteiger partial charge on any atom is -0.308 e. The molecule has 0 saturated heterocycles. The van der Waals surface area contributed by atoms with E-state index in [1.807, 2.05) is 0 Å². The maximum absolute atomic E-state index is 3.56. The molecule has 1 unspecified atom stereocenters. The number of fused-ring (bicyclic) bond motifs is 1. The van der Waals surface area contributed by atoms with Crippen molar-refractivity contribution in [3.05, 3.63) is 35.4 Å². The lowest BCUT2D eigenvalue weighted by Crippen LogP contribution is -2.42. The number of rotatable bonds is 2. The Morgan fingerprint density at radius 2 is 2.00 bits per heavy atom. The Labute approximate surface area is 85.9 Å². The highest BCUT2D eigenvalue weighted by Gasteiger charge is 2.17. The van der Waals surface area contributed by atoms with Crippen LogP contribution in [0.2, 0.25) is 0 Å². The fraction of sp³-hybridized carbons (Fsp3) is 0.500. The zero-order chi connectivity index (χ0) is 9.97. The van der Waals surface area contributed by atoms with Crippen LogP contribution in [0.5, 0.6) is 0 Å². The van der Waals surface area contributed by atoms with Gasteiger partial charge in [-0.15, -0.1) is 0 Å². The third kappa shape index (κ3) is 2.14. The van der Waals surface area contributed by atoms with Crippen molar-refractivity contribution in [2.75, 3.05) is 20.6 Å². The zero-order valence-corrected chi connectivity index (χ0v) is 8.96. The number of hydrogen-bond acceptors (Lipinski definition) is 2. The lowest BCUT2D eigenvalue weighted by Gasteiger charge is -2.28. The van der Waals surface area contributed by atoms with Crippen molar-refractivity contribution >= 4 is 0 Å². The molecule has 2 nitrogen and oxygen atoms in total. The maximum Gasteiger partial charge on any atom is 0.0238 e. The molecule has 1 N–H and O–H groups in total. The van der Waals surface area contributed by atoms with Crippen molar-refractivity contribution in [2.24, 2.45) is 0 Å². The highest BCUT2D eigenvalue weighted by Crippen LogP contribution is 2.16. The monoisotopic (exact) mass is 190 g/mol. The summed E-state index contributed by atoms with van der Waals surface area (Å²) >= 11 is 0. The summed E-state index contributed by atoms with van der Waals surface area (Å²) in [5, 5.41) is 3.56. The van der Waals surface area contributed by atoms with Crippen LogP contribution in [0.25, 0.3) is 0 Å². The highest BCUT2D eigenvalue weighted by molar-refractivity contribution is 5.29. The van der Waals surface area contributed by atoms with Crippen molar-refractivity contribution in [3.8, 4) is 0 Å². The van der Waals surface area contributed by atoms with E-state index in [2.05, 4.69) is 48.6 Å². The quantitative estimate of drug-likeness (QED) is 0.755. The Morgan fingerprint density at radius 1 is 1.29 bits per heavy atom. The summed E-state index contributed by atoms with van der Waals surface area (Å²) < 4.78 is 0. The van der Waals surface area contributed by atoms with Crippen molar-refractivity contribution in [3.63, 3.8) is 0 Å². The molecule has 2 heteroatoms. The smallest absolute Gasteiger partial charge is 0.0238 e. The predicted octanol–water partition coefficient (Wildman–Crippen LogP) is 1.26. The normalized spacial score (nSPS) is 20.9. The molecule has 2 rings (SSSR count). The fourth-order valence-electron chi connectivity index (χ4n) is 2.09. The van der Waals surface area contributed by atoms with Crippen LogP contribution < -0.4 is 5.32 Å². The first-order valence-electron chi connectivity index (χ1n) is 5.20. The number of likely N-dealkylation sites (N-methyl/N-ethyl adjacent to an activating group) is 1. The molecule has 1 heterocycles. The first kappa shape index (κ1) is 9.69. The predicted molar refractivity (Wildman–Crippen MR) is 59.3 cm³/mol. The van der Waals surface area contributed by atoms with Gasteiger partial charge in [-0.25, -0.2) is 0 Å². The molecule has 1 aromatic rings. The van der Waals surface area contributed by atoms with Crippen LogP contribution in [0.1, 0.15) is 11.1 Å². The third-order valence-electron chi connectivity index (χ3n) is 2.75. The molecule has 1 aliphatic heterocycles. The van der Waals surface area contributed by atoms with Gasteiger partial charge >= 0.3 is 0 Å². The molecule has 0 bridgehead atoms. The molecular formula is C12H18N2. The summed E-state index contributed by atoms with van der Waals surface area (Å²) in [6.07, 6.45) is 1.16. The van der Waals surface area contributed by atoms with Crippen molar-refractivity contribution < 1.29 is 0 Å². The van der Waals surface area contributed by atoms with Gasteiger partial charge in [0.15, 0.2) is 0 Å². The molecule has 1 aliphatic rings. The lowest BCUT2D eigenvalue weighted by atomic mass is 9.96. The first-order valence-corrected chi connectivity index (χ1v) is 5.20. The number of benzene rings is 1. The van der Waals surface area contributed by atoms with Gasteiger partial charge in [0.2, 0.25) is 0 Å². The van der Waals surface area contributed by atoms with E-state index < -0.39 is 0 Å². The van der Waals surface area contributed by atoms with Gasteiger partial charge in [0.25, 0.3) is 0 Å². The average Bonchev–Trinajstić information content (AvgIpc) is 2.17. The molecule has 0 aromatic heterocycles. The summed E-state index contributed by atoms with van der Waals surface area (Å²) in [6, 6.07) is 9.33. The van der Waals surface area contributed by atoms with E-state index in [9.17, 15) is 0 Å². The van der Waals surface area contributed by atoms with Gasteiger partial charge in [-0.1, -0.05) is 24.3 Å². The molecule has 76 valence electrons. The molecule has 0 aliphatic carbocycles. The molecule has 0 amide bonds. The molecule has 0 radical (unpaired) electrons. The summed E-state index contributed by atoms with van der Waals surface area (Å²) in [5.41, 5.74) is 2.97. The largest absolute Gasteiger partial charge is 0.308 e. The Bertz CT molecular complexity index is 307. The van der Waals surface area contributed by atoms with E-state index >= 15 is 0 Å². The molecule has 0 spiro atoms. The van der Waals surface area contributed by atoms with Gasteiger partial charge < -0.3 is 10.2 Å². The van der Waals surface area contributed by atoms with Crippen LogP contribution in [-0.2, 0) is 13.0 Å². The molecule has 14 heavy (non-hydrogen) atoms. The second-order valence-electron chi connectivity index (χ2n) is 4.31. The van der Waals surface area contributed by atoms with Crippen LogP contribution in [0, 0.1) is 0 Å². The second-order valence-corrected chi connectivity index (χ2v) is 4.31. The molecule has 1 aromatic carbocycles. The third-order valence-corrected chi connectivity index (χ3v) is 2.75. The zero-order valence-electron chi connectivity index (χ0n) is 8.96. The summed E-state index contributed by atoms with van der Waals surface area (Å²) in [4.78, 5) is 2.24. The van der Waals surface area contributed by atoms with Crippen LogP contribution >= 0.6 is 0 Å². The number of hydrogen-bond donors (Lipinski definition) is 1. The van der Waals surface area contributed by atoms with Crippen molar-refractivity contribution in [1.29, 1.82) is 0 Å². The minimum absolute atomic E-state index is 0.611. The average molecular weight is 190 g/mol. The molecule has 0 fully saturated rings. The van der Waals surface area contributed by atoms with Crippen LogP contribution in [0.15, 0.2) is 24.3 Å². The second kappa shape index (κ2) is 4.11. The Morgan fingerprint density at radius 3 is 2.71 bits per heavy atom. The van der Waals surface area contributed by atoms with Crippen molar-refractivity contribution in [2.45, 2.75) is 19.0 Å². The standard InChI is InChI=1S/C12H18N2/c1-14(2)9-12-7-10-5-3-4-6-11(10)8-13-12/h3-6,12-13H,7-9H2,1-2H3. The van der Waals surface area contributed by atoms with Gasteiger partial charge in [-0.2, -0.15) is 0 Å². The van der Waals surface area contributed by atoms with E-state index in [1.165, 1.54) is 11.1 Å². The molecular weight excluding hydrogens is 172 g/mol. The Balaban J connectivity index is 2.06. The Hall–Kier alpha value is -0.860. The van der Waals surface area contributed by atoms with E-state index in [1.54, 1.807) is 0 Å². The Kier molecular flexibility index (Phi) is 2.85. The fourth-order valence-corrected chi connectivity index (χ4v) is 2.09. The SMILES string of the molecule is CN(C)CC1Cc2ccccc2CN1. The van der Waals surface area contributed by atoms with E-state index in [0.717, 1.165) is 19.5 Å². The topological polar surface area (TPSA) is 15.3 Å². The molecule has 1 atom stereocenters. The molecule has 0 saturated carbocycles. The van der Waals surface area contributed by atoms with Gasteiger partial charge in [0.05, 0.1) is 0 Å². The summed E-state index contributed by atoms with van der Waals surface area (Å²) in [5.74, 6) is 0. The minimum atomic E-state index is 0.611. The van der Waals surface area contributed by atoms with Gasteiger partial charge in [0.1, 0.15) is 0 Å². The van der Waals surface area contributed by atoms with Crippen LogP contribution in [0.4, 0.5) is 0 Å². The van der Waals surface area contributed by atoms with E-state index in [-0.39, 0.29) is 0 Å². The van der Waals surface area contributed by atoms with Crippen LogP contribution in [-0.4, -0.2) is 31.6 Å². The number of nitrogens with zero attached hydrogens (tertiary/aromatic N) is 1. The van der Waals surface area contributed by atoms with E-state index in [4.69, 9.17) is 0 Å². The van der Waals surface area contributed by atoms with Gasteiger partial charge in [-0.05, 0) is 31.6 Å². The van der Waals surface area contributed by atoms with Gasteiger partial charge in [0, 0.05) is 19.1 Å². The highest BCUT2D eigenvalue weighted by atomic mass is 15.1. The van der Waals surface area contributed by atoms with Crippen molar-refractivity contribution in [1.82, 2.24) is 10.2 Å².